The molecule has 0 spiro atoms. The van der Waals surface area contributed by atoms with E-state index in [0.717, 1.165) is 15.4 Å². The zero-order valence-electron chi connectivity index (χ0n) is 18.3. The molecule has 1 N–H and O–H groups in total. The third-order valence-corrected chi connectivity index (χ3v) is 8.69. The van der Waals surface area contributed by atoms with Gasteiger partial charge in [-0.3, -0.25) is 9.10 Å². The third kappa shape index (κ3) is 7.06. The van der Waals surface area contributed by atoms with Crippen molar-refractivity contribution in [1.29, 1.82) is 0 Å². The monoisotopic (exact) mass is 556 g/mol. The molecule has 0 bridgehead atoms. The van der Waals surface area contributed by atoms with Crippen molar-refractivity contribution in [3.05, 3.63) is 92.9 Å². The van der Waals surface area contributed by atoms with Gasteiger partial charge >= 0.3 is 0 Å². The molecule has 0 unspecified atom stereocenters. The highest BCUT2D eigenvalue weighted by Gasteiger charge is 2.28. The van der Waals surface area contributed by atoms with Crippen LogP contribution in [0.4, 0.5) is 5.69 Å². The van der Waals surface area contributed by atoms with Crippen LogP contribution in [0.15, 0.2) is 71.6 Å². The molecule has 3 aromatic rings. The van der Waals surface area contributed by atoms with E-state index in [4.69, 9.17) is 34.8 Å². The van der Waals surface area contributed by atoms with Gasteiger partial charge in [-0.25, -0.2) is 8.42 Å². The van der Waals surface area contributed by atoms with Crippen LogP contribution in [0.1, 0.15) is 11.1 Å². The lowest BCUT2D eigenvalue weighted by Crippen LogP contribution is -2.41. The summed E-state index contributed by atoms with van der Waals surface area (Å²) in [7, 11) is -3.98. The normalized spacial score (nSPS) is 11.3. The quantitative estimate of drug-likeness (QED) is 0.301. The maximum atomic E-state index is 13.4. The van der Waals surface area contributed by atoms with Crippen molar-refractivity contribution in [2.45, 2.75) is 17.6 Å². The number of rotatable bonds is 10. The maximum Gasteiger partial charge on any atom is 0.264 e. The number of nitrogens with one attached hydrogen (secondary N) is 1. The fraction of sp³-hybridized carbons (Fsp3) is 0.208. The third-order valence-electron chi connectivity index (χ3n) is 4.89. The molecule has 1 amide bonds. The Morgan fingerprint density at radius 2 is 1.68 bits per heavy atom. The van der Waals surface area contributed by atoms with Gasteiger partial charge in [0.15, 0.2) is 0 Å². The molecule has 0 aliphatic rings. The van der Waals surface area contributed by atoms with E-state index in [-0.39, 0.29) is 11.4 Å². The number of benzene rings is 3. The van der Waals surface area contributed by atoms with Crippen molar-refractivity contribution in [3.8, 4) is 0 Å². The predicted octanol–water partition coefficient (Wildman–Crippen LogP) is 6.20. The minimum atomic E-state index is -3.98. The van der Waals surface area contributed by atoms with Crippen LogP contribution in [-0.4, -0.2) is 33.2 Å². The van der Waals surface area contributed by atoms with Gasteiger partial charge in [-0.05, 0) is 60.5 Å². The largest absolute Gasteiger partial charge is 0.354 e. The van der Waals surface area contributed by atoms with E-state index in [0.29, 0.717) is 38.8 Å². The number of carbonyl (C=O) groups excluding carboxylic acids is 1. The molecule has 0 atom stereocenters. The number of nitrogens with zero attached hydrogens (tertiary/aromatic N) is 1. The van der Waals surface area contributed by atoms with Crippen LogP contribution in [-0.2, 0) is 20.6 Å². The summed E-state index contributed by atoms with van der Waals surface area (Å²) in [6.45, 7) is 1.86. The number of aryl methyl sites for hydroxylation is 1. The SMILES string of the molecule is Cc1ccccc1N(CC(=O)NCCSCc1ccc(Cl)c(Cl)c1)S(=O)(=O)c1ccc(Cl)cc1. The summed E-state index contributed by atoms with van der Waals surface area (Å²) >= 11 is 19.5. The molecule has 0 aromatic heterocycles. The van der Waals surface area contributed by atoms with Gasteiger partial charge in [-0.15, -0.1) is 0 Å². The number of hydrogen-bond acceptors (Lipinski definition) is 4. The van der Waals surface area contributed by atoms with E-state index < -0.39 is 15.9 Å². The number of para-hydroxylation sites is 1. The van der Waals surface area contributed by atoms with E-state index >= 15 is 0 Å². The summed E-state index contributed by atoms with van der Waals surface area (Å²) < 4.78 is 27.9. The highest BCUT2D eigenvalue weighted by Crippen LogP contribution is 2.27. The van der Waals surface area contributed by atoms with Gasteiger partial charge in [-0.2, -0.15) is 11.8 Å². The molecule has 5 nitrogen and oxygen atoms in total. The second kappa shape index (κ2) is 12.2. The minimum absolute atomic E-state index is 0.0603. The van der Waals surface area contributed by atoms with Crippen LogP contribution < -0.4 is 9.62 Å². The van der Waals surface area contributed by atoms with E-state index in [9.17, 15) is 13.2 Å². The van der Waals surface area contributed by atoms with Gasteiger partial charge in [0.1, 0.15) is 6.54 Å². The molecule has 0 radical (unpaired) electrons. The second-order valence-corrected chi connectivity index (χ2v) is 11.6. The molecule has 0 heterocycles. The van der Waals surface area contributed by atoms with E-state index in [1.54, 1.807) is 43.0 Å². The molecule has 180 valence electrons. The molecule has 10 heteroatoms. The molecular weight excluding hydrogens is 535 g/mol. The van der Waals surface area contributed by atoms with Crippen LogP contribution in [0.2, 0.25) is 15.1 Å². The Morgan fingerprint density at radius 1 is 0.971 bits per heavy atom. The standard InChI is InChI=1S/C24H23Cl3N2O3S2/c1-17-4-2-3-5-23(17)29(34(31,32)20-9-7-19(25)8-10-20)15-24(30)28-12-13-33-16-18-6-11-21(26)22(27)14-18/h2-11,14H,12-13,15-16H2,1H3,(H,28,30). The Kier molecular flexibility index (Phi) is 9.56. The number of anilines is 1. The summed E-state index contributed by atoms with van der Waals surface area (Å²) in [5, 5.41) is 4.25. The molecule has 0 saturated heterocycles. The smallest absolute Gasteiger partial charge is 0.264 e. The fourth-order valence-electron chi connectivity index (χ4n) is 3.15. The molecule has 3 rings (SSSR count). The molecule has 34 heavy (non-hydrogen) atoms. The first-order valence-electron chi connectivity index (χ1n) is 10.3. The van der Waals surface area contributed by atoms with Gasteiger partial charge in [0.05, 0.1) is 20.6 Å². The number of thioether (sulfide) groups is 1. The lowest BCUT2D eigenvalue weighted by atomic mass is 10.2. The van der Waals surface area contributed by atoms with Gasteiger partial charge < -0.3 is 5.32 Å². The van der Waals surface area contributed by atoms with Crippen molar-refractivity contribution in [2.24, 2.45) is 0 Å². The molecule has 0 saturated carbocycles. The predicted molar refractivity (Wildman–Crippen MR) is 143 cm³/mol. The number of amides is 1. The Labute approximate surface area is 219 Å². The van der Waals surface area contributed by atoms with Crippen molar-refractivity contribution in [3.63, 3.8) is 0 Å². The number of halogens is 3. The van der Waals surface area contributed by atoms with Gasteiger partial charge in [0, 0.05) is 23.1 Å². The summed E-state index contributed by atoms with van der Waals surface area (Å²) in [6, 6.07) is 18.4. The summed E-state index contributed by atoms with van der Waals surface area (Å²) in [5.74, 6) is 0.976. The van der Waals surface area contributed by atoms with Crippen molar-refractivity contribution >= 4 is 68.2 Å². The molecular formula is C24H23Cl3N2O3S2. The first kappa shape index (κ1) is 26.7. The number of carbonyl (C=O) groups is 1. The number of sulfonamides is 1. The van der Waals surface area contributed by atoms with E-state index in [2.05, 4.69) is 5.32 Å². The van der Waals surface area contributed by atoms with Crippen LogP contribution in [0.25, 0.3) is 0 Å². The lowest BCUT2D eigenvalue weighted by molar-refractivity contribution is -0.119. The van der Waals surface area contributed by atoms with Crippen molar-refractivity contribution < 1.29 is 13.2 Å². The maximum absolute atomic E-state index is 13.4. The van der Waals surface area contributed by atoms with Crippen LogP contribution in [0, 0.1) is 6.92 Å². The average molecular weight is 558 g/mol. The van der Waals surface area contributed by atoms with Crippen LogP contribution in [0.3, 0.4) is 0 Å². The first-order chi connectivity index (χ1) is 16.2. The molecule has 3 aromatic carbocycles. The second-order valence-electron chi connectivity index (χ2n) is 7.40. The number of hydrogen-bond donors (Lipinski definition) is 1. The van der Waals surface area contributed by atoms with Gasteiger partial charge in [0.2, 0.25) is 5.91 Å². The van der Waals surface area contributed by atoms with E-state index in [1.807, 2.05) is 18.2 Å². The first-order valence-corrected chi connectivity index (χ1v) is 14.0. The minimum Gasteiger partial charge on any atom is -0.354 e. The average Bonchev–Trinajstić information content (AvgIpc) is 2.80. The lowest BCUT2D eigenvalue weighted by Gasteiger charge is -2.25. The van der Waals surface area contributed by atoms with Crippen LogP contribution in [0.5, 0.6) is 0 Å². The van der Waals surface area contributed by atoms with Gasteiger partial charge in [0.25, 0.3) is 10.0 Å². The van der Waals surface area contributed by atoms with Crippen molar-refractivity contribution in [2.75, 3.05) is 23.1 Å². The Morgan fingerprint density at radius 3 is 2.35 bits per heavy atom. The summed E-state index contributed by atoms with van der Waals surface area (Å²) in [5.41, 5.74) is 2.22. The Balaban J connectivity index is 1.64. The molecule has 0 aliphatic heterocycles. The summed E-state index contributed by atoms with van der Waals surface area (Å²) in [6.07, 6.45) is 0. The molecule has 0 fully saturated rings. The van der Waals surface area contributed by atoms with Crippen LogP contribution >= 0.6 is 46.6 Å². The Hall–Kier alpha value is -1.90. The Bertz CT molecular complexity index is 1250. The zero-order chi connectivity index (χ0) is 24.7. The van der Waals surface area contributed by atoms with Gasteiger partial charge in [-0.1, -0.05) is 59.1 Å². The van der Waals surface area contributed by atoms with Crippen molar-refractivity contribution in [1.82, 2.24) is 5.32 Å². The summed E-state index contributed by atoms with van der Waals surface area (Å²) in [4.78, 5) is 12.8. The molecule has 0 aliphatic carbocycles. The highest BCUT2D eigenvalue weighted by molar-refractivity contribution is 7.98. The zero-order valence-corrected chi connectivity index (χ0v) is 22.2. The fourth-order valence-corrected chi connectivity index (χ4v) is 5.88. The topological polar surface area (TPSA) is 66.5 Å². The highest BCUT2D eigenvalue weighted by atomic mass is 35.5. The van der Waals surface area contributed by atoms with E-state index in [1.165, 1.54) is 24.3 Å².